The highest BCUT2D eigenvalue weighted by Gasteiger charge is 2.50. The summed E-state index contributed by atoms with van der Waals surface area (Å²) >= 11 is 0. The van der Waals surface area contributed by atoms with Crippen molar-refractivity contribution in [3.8, 4) is 0 Å². The Kier molecular flexibility index (Phi) is 8.59. The molecule has 40 heavy (non-hydrogen) atoms. The Bertz CT molecular complexity index is 1280. The zero-order valence-corrected chi connectivity index (χ0v) is 24.4. The van der Waals surface area contributed by atoms with Crippen LogP contribution in [-0.4, -0.2) is 39.9 Å². The van der Waals surface area contributed by atoms with Crippen molar-refractivity contribution in [3.05, 3.63) is 89.5 Å². The van der Waals surface area contributed by atoms with Gasteiger partial charge in [0.25, 0.3) is 8.32 Å². The number of anilines is 1. The van der Waals surface area contributed by atoms with E-state index in [4.69, 9.17) is 9.16 Å². The summed E-state index contributed by atoms with van der Waals surface area (Å²) in [6.07, 6.45) is -1.27. The molecule has 0 saturated carbocycles. The molecule has 1 aliphatic rings. The van der Waals surface area contributed by atoms with Crippen LogP contribution in [0, 0.1) is 11.6 Å². The Hall–Kier alpha value is -3.01. The molecule has 0 aromatic heterocycles. The number of hydrogen-bond donors (Lipinski definition) is 0. The van der Waals surface area contributed by atoms with Gasteiger partial charge in [0.1, 0.15) is 0 Å². The number of morpholine rings is 1. The van der Waals surface area contributed by atoms with Crippen molar-refractivity contribution in [3.63, 3.8) is 0 Å². The fraction of sp³-hybridized carbons (Fsp3) is 0.387. The highest BCUT2D eigenvalue weighted by molar-refractivity contribution is 6.99. The van der Waals surface area contributed by atoms with Gasteiger partial charge < -0.3 is 14.1 Å². The van der Waals surface area contributed by atoms with Crippen molar-refractivity contribution < 1.29 is 31.5 Å². The quantitative estimate of drug-likeness (QED) is 0.190. The van der Waals surface area contributed by atoms with Crippen LogP contribution in [0.25, 0.3) is 0 Å². The molecular formula is C31H35F4NO3Si. The van der Waals surface area contributed by atoms with Gasteiger partial charge in [-0.15, -0.1) is 0 Å². The minimum absolute atomic E-state index is 0.0460. The maximum atomic E-state index is 15.8. The van der Waals surface area contributed by atoms with E-state index in [2.05, 4.69) is 20.8 Å². The van der Waals surface area contributed by atoms with E-state index in [1.54, 1.807) is 4.90 Å². The van der Waals surface area contributed by atoms with E-state index in [9.17, 15) is 13.6 Å². The molecule has 2 atom stereocenters. The first-order valence-corrected chi connectivity index (χ1v) is 15.2. The molecule has 4 nitrogen and oxygen atoms in total. The Labute approximate surface area is 234 Å². The average molecular weight is 574 g/mol. The number of ether oxygens (including phenoxy) is 1. The van der Waals surface area contributed by atoms with Gasteiger partial charge in [0.2, 0.25) is 0 Å². The summed E-state index contributed by atoms with van der Waals surface area (Å²) in [5, 5.41) is 1.46. The van der Waals surface area contributed by atoms with Crippen LogP contribution in [0.3, 0.4) is 0 Å². The first-order chi connectivity index (χ1) is 18.8. The summed E-state index contributed by atoms with van der Waals surface area (Å²) in [4.78, 5) is 12.8. The minimum Gasteiger partial charge on any atom is -0.403 e. The Balaban J connectivity index is 1.92. The standard InChI is InChI=1S/C31H35F4NO3Si/c1-21-17-36(18-22(2)39-21)29-23(16-26(27(32)28(29)33)31(34,35)20-37)19-38-40(30(3,4)5,24-12-8-6-9-13-24)25-14-10-7-11-15-25/h6-16,20-22H,17-19H2,1-5H3/t21-,22-/m1/s1. The number of halogens is 4. The number of hydrogen-bond acceptors (Lipinski definition) is 4. The van der Waals surface area contributed by atoms with Gasteiger partial charge >= 0.3 is 5.92 Å². The molecule has 0 spiro atoms. The van der Waals surface area contributed by atoms with Crippen molar-refractivity contribution in [1.29, 1.82) is 0 Å². The fourth-order valence-electron chi connectivity index (χ4n) is 5.74. The third kappa shape index (κ3) is 5.60. The number of carbonyl (C=O) groups is 1. The van der Waals surface area contributed by atoms with E-state index < -0.39 is 42.8 Å². The Morgan fingerprint density at radius 1 is 0.925 bits per heavy atom. The highest BCUT2D eigenvalue weighted by Crippen LogP contribution is 2.40. The molecule has 1 aliphatic heterocycles. The molecule has 9 heteroatoms. The van der Waals surface area contributed by atoms with Crippen LogP contribution in [0.1, 0.15) is 45.7 Å². The van der Waals surface area contributed by atoms with Crippen LogP contribution in [0.4, 0.5) is 23.2 Å². The normalized spacial score (nSPS) is 18.6. The number of rotatable bonds is 8. The van der Waals surface area contributed by atoms with Gasteiger partial charge in [-0.2, -0.15) is 8.78 Å². The van der Waals surface area contributed by atoms with Gasteiger partial charge in [0.05, 0.1) is 30.1 Å². The summed E-state index contributed by atoms with van der Waals surface area (Å²) in [5.41, 5.74) is -1.41. The second-order valence-electron chi connectivity index (χ2n) is 11.4. The van der Waals surface area contributed by atoms with Gasteiger partial charge in [0, 0.05) is 18.7 Å². The SMILES string of the molecule is C[C@@H]1CN(c2c(CO[Si](c3ccccc3)(c3ccccc3)C(C)(C)C)cc(C(F)(F)C=O)c(F)c2F)C[C@@H](C)O1. The van der Waals surface area contributed by atoms with Crippen LogP contribution in [0.2, 0.25) is 5.04 Å². The lowest BCUT2D eigenvalue weighted by atomic mass is 10.0. The summed E-state index contributed by atoms with van der Waals surface area (Å²) in [7, 11) is -3.15. The molecule has 4 rings (SSSR count). The predicted octanol–water partition coefficient (Wildman–Crippen LogP) is 5.95. The molecule has 1 fully saturated rings. The molecule has 1 saturated heterocycles. The van der Waals surface area contributed by atoms with E-state index in [0.717, 1.165) is 16.4 Å². The summed E-state index contributed by atoms with van der Waals surface area (Å²) in [6.45, 7) is 9.98. The van der Waals surface area contributed by atoms with Crippen molar-refractivity contribution in [2.45, 2.75) is 64.4 Å². The van der Waals surface area contributed by atoms with Gasteiger partial charge in [-0.05, 0) is 35.3 Å². The molecule has 0 unspecified atom stereocenters. The lowest BCUT2D eigenvalue weighted by molar-refractivity contribution is -0.130. The number of alkyl halides is 2. The predicted molar refractivity (Wildman–Crippen MR) is 151 cm³/mol. The topological polar surface area (TPSA) is 38.8 Å². The van der Waals surface area contributed by atoms with E-state index >= 15 is 8.78 Å². The zero-order valence-electron chi connectivity index (χ0n) is 23.4. The molecule has 3 aromatic rings. The molecule has 0 radical (unpaired) electrons. The lowest BCUT2D eigenvalue weighted by Crippen LogP contribution is -2.66. The number of nitrogens with zero attached hydrogens (tertiary/aromatic N) is 1. The summed E-state index contributed by atoms with van der Waals surface area (Å²) in [5.74, 6) is -7.38. The second kappa shape index (κ2) is 11.5. The van der Waals surface area contributed by atoms with Crippen molar-refractivity contribution in [2.24, 2.45) is 0 Å². The number of carbonyl (C=O) groups excluding carboxylic acids is 1. The molecule has 3 aromatic carbocycles. The van der Waals surface area contributed by atoms with E-state index in [1.165, 1.54) is 0 Å². The molecule has 0 bridgehead atoms. The van der Waals surface area contributed by atoms with Gasteiger partial charge in [0.15, 0.2) is 17.9 Å². The maximum Gasteiger partial charge on any atom is 0.330 e. The van der Waals surface area contributed by atoms with Gasteiger partial charge in [-0.3, -0.25) is 4.79 Å². The van der Waals surface area contributed by atoms with Crippen LogP contribution in [0.5, 0.6) is 0 Å². The fourth-order valence-corrected chi connectivity index (χ4v) is 10.3. The molecule has 214 valence electrons. The van der Waals surface area contributed by atoms with Gasteiger partial charge in [-0.25, -0.2) is 8.78 Å². The lowest BCUT2D eigenvalue weighted by Gasteiger charge is -2.43. The summed E-state index contributed by atoms with van der Waals surface area (Å²) in [6, 6.07) is 20.3. The molecule has 0 N–H and O–H groups in total. The van der Waals surface area contributed by atoms with E-state index in [0.29, 0.717) is 0 Å². The van der Waals surface area contributed by atoms with Gasteiger partial charge in [-0.1, -0.05) is 81.4 Å². The van der Waals surface area contributed by atoms with Crippen molar-refractivity contribution in [1.82, 2.24) is 0 Å². The average Bonchev–Trinajstić information content (AvgIpc) is 2.90. The molecule has 0 aliphatic carbocycles. The minimum atomic E-state index is -4.21. The first kappa shape index (κ1) is 30.0. The first-order valence-electron chi connectivity index (χ1n) is 13.3. The second-order valence-corrected chi connectivity index (χ2v) is 15.7. The largest absolute Gasteiger partial charge is 0.403 e. The van der Waals surface area contributed by atoms with Crippen LogP contribution in [-0.2, 0) is 26.5 Å². The monoisotopic (exact) mass is 573 g/mol. The summed E-state index contributed by atoms with van der Waals surface area (Å²) < 4.78 is 72.7. The van der Waals surface area contributed by atoms with Crippen LogP contribution < -0.4 is 15.3 Å². The molecule has 0 amide bonds. The van der Waals surface area contributed by atoms with Crippen LogP contribution in [0.15, 0.2) is 66.7 Å². The van der Waals surface area contributed by atoms with E-state index in [1.807, 2.05) is 74.5 Å². The number of aldehydes is 1. The van der Waals surface area contributed by atoms with Crippen molar-refractivity contribution >= 4 is 30.7 Å². The van der Waals surface area contributed by atoms with Crippen molar-refractivity contribution in [2.75, 3.05) is 18.0 Å². The zero-order chi connectivity index (χ0) is 29.3. The molecular weight excluding hydrogens is 538 g/mol. The third-order valence-corrected chi connectivity index (χ3v) is 12.3. The van der Waals surface area contributed by atoms with Crippen LogP contribution >= 0.6 is 0 Å². The maximum absolute atomic E-state index is 15.8. The highest BCUT2D eigenvalue weighted by atomic mass is 28.4. The van der Waals surface area contributed by atoms with E-state index in [-0.39, 0.29) is 43.2 Å². The molecule has 1 heterocycles. The number of benzene rings is 3. The Morgan fingerprint density at radius 3 is 1.88 bits per heavy atom. The smallest absolute Gasteiger partial charge is 0.330 e. The third-order valence-electron chi connectivity index (χ3n) is 7.36. The Morgan fingerprint density at radius 2 is 1.43 bits per heavy atom.